The average molecular weight is 1440 g/mol. The van der Waals surface area contributed by atoms with Crippen LogP contribution in [0.2, 0.25) is 0 Å². The number of aromatic nitrogens is 10. The molecule has 0 radical (unpaired) electrons. The van der Waals surface area contributed by atoms with Crippen LogP contribution in [0.25, 0.3) is 189 Å². The minimum Gasteiger partial charge on any atom is -0.308 e. The van der Waals surface area contributed by atoms with E-state index in [-0.39, 0.29) is 0 Å². The van der Waals surface area contributed by atoms with Crippen LogP contribution in [-0.4, -0.2) is 48.2 Å². The summed E-state index contributed by atoms with van der Waals surface area (Å²) in [5.74, 6) is 3.55. The minimum atomic E-state index is -0.818. The smallest absolute Gasteiger partial charge is 0.166 e. The molecule has 0 saturated carbocycles. The molecule has 0 spiro atoms. The molecule has 0 N–H and O–H groups in total. The van der Waals surface area contributed by atoms with Crippen LogP contribution in [0.15, 0.2) is 291 Å². The standard InChI is InChI=1S/C102H72N10/c1-99(2)69-49-29-47-67-63-43-23-27-55-75(63)111(87(67)69)91-79(97-105-93(57-33-13-9-14-34-57)103-94(106-97)58-35-15-10-16-36-58)83-89(109-73-53-25-21-41-61(73)65-45-31-51-71(85(65)109)101(83,5)6)77(81(91)99)78-82-92(112-76-56-28-24-44-64(76)68-48-30-50-70(88(68)112)100(82,3)4)80(98-107-95(59-37-17-11-18-38-59)104-96(108-98)60-39-19-12-20-40-60)84-90(78)110-74-54-26-22-42-62(74)66-46-32-52-72(86(66)110)102(84,7)8/h9-56H,1-8H3. The van der Waals surface area contributed by atoms with Crippen molar-refractivity contribution in [2.24, 2.45) is 0 Å². The van der Waals surface area contributed by atoms with E-state index in [0.29, 0.717) is 34.9 Å². The number of benzene rings is 14. The molecule has 0 amide bonds. The summed E-state index contributed by atoms with van der Waals surface area (Å²) >= 11 is 0. The van der Waals surface area contributed by atoms with Gasteiger partial charge < -0.3 is 18.3 Å². The Morgan fingerprint density at radius 2 is 0.384 bits per heavy atom. The van der Waals surface area contributed by atoms with Gasteiger partial charge in [0.2, 0.25) is 0 Å². The normalized spacial score (nSPS) is 14.9. The van der Waals surface area contributed by atoms with Crippen molar-refractivity contribution in [3.05, 3.63) is 336 Å². The molecule has 6 aromatic heterocycles. The van der Waals surface area contributed by atoms with Gasteiger partial charge in [-0.3, -0.25) is 0 Å². The van der Waals surface area contributed by atoms with Gasteiger partial charge >= 0.3 is 0 Å². The van der Waals surface area contributed by atoms with Crippen molar-refractivity contribution >= 4 is 87.2 Å². The summed E-state index contributed by atoms with van der Waals surface area (Å²) in [6, 6.07) is 107. The van der Waals surface area contributed by atoms with Crippen LogP contribution < -0.4 is 0 Å². The lowest BCUT2D eigenvalue weighted by Gasteiger charge is -2.47. The summed E-state index contributed by atoms with van der Waals surface area (Å²) in [4.78, 5) is 35.2. The number of para-hydroxylation sites is 8. The van der Waals surface area contributed by atoms with Crippen molar-refractivity contribution < 1.29 is 0 Å². The van der Waals surface area contributed by atoms with Crippen LogP contribution in [-0.2, 0) is 21.7 Å². The second-order valence-corrected chi connectivity index (χ2v) is 33.2. The Morgan fingerprint density at radius 1 is 0.188 bits per heavy atom. The lowest BCUT2D eigenvalue weighted by atomic mass is 9.61. The van der Waals surface area contributed by atoms with Gasteiger partial charge in [-0.25, -0.2) is 29.9 Å². The Labute approximate surface area is 646 Å². The summed E-state index contributed by atoms with van der Waals surface area (Å²) in [7, 11) is 0. The molecule has 24 rings (SSSR count). The topological polar surface area (TPSA) is 97.1 Å². The van der Waals surface area contributed by atoms with Crippen molar-refractivity contribution in [1.29, 1.82) is 0 Å². The van der Waals surface area contributed by atoms with E-state index < -0.39 is 21.7 Å². The van der Waals surface area contributed by atoms with Crippen LogP contribution in [0.3, 0.4) is 0 Å². The van der Waals surface area contributed by atoms with Gasteiger partial charge in [0.25, 0.3) is 0 Å². The largest absolute Gasteiger partial charge is 0.308 e. The van der Waals surface area contributed by atoms with Gasteiger partial charge in [0.1, 0.15) is 0 Å². The molecule has 10 heteroatoms. The molecular weight excluding hydrogens is 1370 g/mol. The molecule has 4 aliphatic rings. The third-order valence-electron chi connectivity index (χ3n) is 25.9. The van der Waals surface area contributed by atoms with E-state index in [4.69, 9.17) is 29.9 Å². The first kappa shape index (κ1) is 63.2. The van der Waals surface area contributed by atoms with Crippen molar-refractivity contribution in [3.8, 4) is 102 Å². The highest BCUT2D eigenvalue weighted by Gasteiger charge is 2.53. The zero-order valence-corrected chi connectivity index (χ0v) is 63.2. The van der Waals surface area contributed by atoms with Crippen LogP contribution in [0.5, 0.6) is 0 Å². The van der Waals surface area contributed by atoms with E-state index >= 15 is 0 Å². The zero-order valence-electron chi connectivity index (χ0n) is 63.2. The summed E-state index contributed by atoms with van der Waals surface area (Å²) in [6.45, 7) is 20.0. The van der Waals surface area contributed by atoms with Gasteiger partial charge in [-0.2, -0.15) is 0 Å². The number of hydrogen-bond donors (Lipinski definition) is 0. The number of nitrogens with zero attached hydrogens (tertiary/aromatic N) is 10. The summed E-state index contributed by atoms with van der Waals surface area (Å²) in [6.07, 6.45) is 0. The molecule has 0 fully saturated rings. The van der Waals surface area contributed by atoms with Crippen LogP contribution in [0.1, 0.15) is 99.9 Å². The molecule has 20 aromatic rings. The molecular formula is C102H72N10. The summed E-state index contributed by atoms with van der Waals surface area (Å²) in [5.41, 5.74) is 27.3. The van der Waals surface area contributed by atoms with Crippen LogP contribution in [0, 0.1) is 0 Å². The van der Waals surface area contributed by atoms with Gasteiger partial charge in [-0.1, -0.05) is 322 Å². The Kier molecular flexibility index (Phi) is 12.5. The van der Waals surface area contributed by atoms with E-state index in [1.165, 1.54) is 76.4 Å². The Hall–Kier alpha value is -13.7. The first-order valence-electron chi connectivity index (χ1n) is 39.0. The molecule has 112 heavy (non-hydrogen) atoms. The van der Waals surface area contributed by atoms with Crippen molar-refractivity contribution in [3.63, 3.8) is 0 Å². The SMILES string of the molecule is CC1(C)c2c(-c3nc(-c4ccccc4)nc(-c4ccccc4)n3)c3c(c(-c4c5c(c(-c6nc(-c7ccccc7)nc(-c7ccccc7)n6)c6c4C(C)(C)c4cccc7c8ccccc8n-6c47)C(C)(C)c4cccc6c7ccccc7n-5c46)c2-n2c4ccccc4c4cccc1c42)C(C)(C)c1cccc2c4ccccc4n-3c12. The van der Waals surface area contributed by atoms with E-state index in [9.17, 15) is 0 Å². The molecule has 0 unspecified atom stereocenters. The molecule has 0 bridgehead atoms. The van der Waals surface area contributed by atoms with E-state index in [0.717, 1.165) is 123 Å². The van der Waals surface area contributed by atoms with Crippen LogP contribution in [0.4, 0.5) is 0 Å². The molecule has 0 saturated heterocycles. The van der Waals surface area contributed by atoms with Gasteiger partial charge in [0.05, 0.1) is 66.9 Å². The lowest BCUT2D eigenvalue weighted by Crippen LogP contribution is -2.36. The number of hydrogen-bond acceptors (Lipinski definition) is 6. The lowest BCUT2D eigenvalue weighted by molar-refractivity contribution is 0.605. The second-order valence-electron chi connectivity index (χ2n) is 33.2. The first-order chi connectivity index (χ1) is 54.7. The van der Waals surface area contributed by atoms with Crippen molar-refractivity contribution in [2.45, 2.75) is 77.0 Å². The third-order valence-corrected chi connectivity index (χ3v) is 25.9. The van der Waals surface area contributed by atoms with E-state index in [1.54, 1.807) is 0 Å². The van der Waals surface area contributed by atoms with Crippen molar-refractivity contribution in [1.82, 2.24) is 48.2 Å². The highest BCUT2D eigenvalue weighted by molar-refractivity contribution is 6.20. The zero-order chi connectivity index (χ0) is 74.7. The predicted octanol–water partition coefficient (Wildman–Crippen LogP) is 24.7. The summed E-state index contributed by atoms with van der Waals surface area (Å²) < 4.78 is 10.8. The Bertz CT molecular complexity index is 7030. The Morgan fingerprint density at radius 3 is 0.634 bits per heavy atom. The quantitative estimate of drug-likeness (QED) is 0.158. The van der Waals surface area contributed by atoms with Gasteiger partial charge in [-0.05, 0) is 57.6 Å². The van der Waals surface area contributed by atoms with Crippen molar-refractivity contribution in [2.75, 3.05) is 0 Å². The van der Waals surface area contributed by atoms with Crippen LogP contribution >= 0.6 is 0 Å². The van der Waals surface area contributed by atoms with Gasteiger partial charge in [0, 0.05) is 120 Å². The average Bonchev–Trinajstić information content (AvgIpc) is 1.30. The highest BCUT2D eigenvalue weighted by atomic mass is 15.1. The maximum Gasteiger partial charge on any atom is 0.166 e. The summed E-state index contributed by atoms with van der Waals surface area (Å²) in [5, 5.41) is 9.45. The Balaban J connectivity index is 1.03. The molecule has 10 heterocycles. The maximum atomic E-state index is 6.03. The molecule has 0 aliphatic carbocycles. The third kappa shape index (κ3) is 8.02. The second kappa shape index (κ2) is 22.0. The number of rotatable bonds is 7. The van der Waals surface area contributed by atoms with E-state index in [1.807, 2.05) is 0 Å². The first-order valence-corrected chi connectivity index (χ1v) is 39.0. The molecule has 4 aliphatic heterocycles. The predicted molar refractivity (Wildman–Crippen MR) is 457 cm³/mol. The van der Waals surface area contributed by atoms with Gasteiger partial charge in [0.15, 0.2) is 34.9 Å². The maximum absolute atomic E-state index is 6.03. The van der Waals surface area contributed by atoms with Gasteiger partial charge in [-0.15, -0.1) is 0 Å². The molecule has 14 aromatic carbocycles. The minimum absolute atomic E-state index is 0.592. The fourth-order valence-corrected chi connectivity index (χ4v) is 21.1. The molecule has 0 atom stereocenters. The fraction of sp³-hybridized carbons (Fsp3) is 0.118. The highest BCUT2D eigenvalue weighted by Crippen LogP contribution is 2.67. The molecule has 530 valence electrons. The monoisotopic (exact) mass is 1440 g/mol. The fourth-order valence-electron chi connectivity index (χ4n) is 21.1. The van der Waals surface area contributed by atoms with E-state index in [2.05, 4.69) is 365 Å². The molecule has 10 nitrogen and oxygen atoms in total. The number of fused-ring (bicyclic) bond motifs is 20.